The van der Waals surface area contributed by atoms with E-state index in [0.29, 0.717) is 41.2 Å². The summed E-state index contributed by atoms with van der Waals surface area (Å²) in [4.78, 5) is 30.0. The van der Waals surface area contributed by atoms with E-state index in [0.717, 1.165) is 10.5 Å². The summed E-state index contributed by atoms with van der Waals surface area (Å²) in [5, 5.41) is 5.70. The largest absolute Gasteiger partial charge is 0.490 e. The van der Waals surface area contributed by atoms with Crippen LogP contribution in [-0.2, 0) is 16.1 Å². The van der Waals surface area contributed by atoms with Crippen LogP contribution in [0, 0.1) is 0 Å². The van der Waals surface area contributed by atoms with E-state index in [4.69, 9.17) is 21.1 Å². The van der Waals surface area contributed by atoms with Gasteiger partial charge in [-0.3, -0.25) is 9.59 Å². The van der Waals surface area contributed by atoms with Crippen LogP contribution in [-0.4, -0.2) is 28.7 Å². The zero-order chi connectivity index (χ0) is 23.2. The zero-order valence-corrected chi connectivity index (χ0v) is 19.4. The van der Waals surface area contributed by atoms with Crippen LogP contribution < -0.4 is 20.1 Å². The minimum Gasteiger partial charge on any atom is -0.490 e. The number of nitrogens with one attached hydrogen (secondary N) is 2. The normalized spacial score (nSPS) is 14.7. The van der Waals surface area contributed by atoms with Crippen LogP contribution in [0.25, 0.3) is 0 Å². The van der Waals surface area contributed by atoms with Crippen molar-refractivity contribution in [2.24, 2.45) is 0 Å². The number of hydrogen-bond donors (Lipinski definition) is 2. The van der Waals surface area contributed by atoms with Crippen molar-refractivity contribution in [2.45, 2.75) is 30.0 Å². The van der Waals surface area contributed by atoms with E-state index < -0.39 is 5.25 Å². The van der Waals surface area contributed by atoms with Gasteiger partial charge in [0.05, 0.1) is 17.5 Å². The summed E-state index contributed by atoms with van der Waals surface area (Å²) >= 11 is 7.33. The Balaban J connectivity index is 1.29. The minimum atomic E-state index is -0.502. The lowest BCUT2D eigenvalue weighted by molar-refractivity contribution is -0.124. The van der Waals surface area contributed by atoms with E-state index in [1.165, 1.54) is 11.8 Å². The molecule has 2 N–H and O–H groups in total. The summed E-state index contributed by atoms with van der Waals surface area (Å²) in [6.07, 6.45) is 1.71. The highest BCUT2D eigenvalue weighted by molar-refractivity contribution is 8.01. The van der Waals surface area contributed by atoms with Gasteiger partial charge in [0.1, 0.15) is 0 Å². The van der Waals surface area contributed by atoms with Gasteiger partial charge in [0, 0.05) is 35.1 Å². The Bertz CT molecular complexity index is 1160. The summed E-state index contributed by atoms with van der Waals surface area (Å²) in [6.45, 7) is 2.74. The van der Waals surface area contributed by atoms with Crippen molar-refractivity contribution >= 4 is 40.9 Å². The number of pyridine rings is 1. The van der Waals surface area contributed by atoms with Gasteiger partial charge in [0.15, 0.2) is 11.5 Å². The number of rotatable bonds is 8. The smallest absolute Gasteiger partial charge is 0.238 e. The van der Waals surface area contributed by atoms with Crippen molar-refractivity contribution in [3.63, 3.8) is 0 Å². The quantitative estimate of drug-likeness (QED) is 0.466. The number of anilines is 1. The molecule has 1 aliphatic heterocycles. The van der Waals surface area contributed by atoms with Gasteiger partial charge in [-0.25, -0.2) is 4.98 Å². The third-order valence-corrected chi connectivity index (χ3v) is 6.29. The van der Waals surface area contributed by atoms with Gasteiger partial charge in [-0.1, -0.05) is 29.8 Å². The average Bonchev–Trinajstić information content (AvgIpc) is 2.81. The zero-order valence-electron chi connectivity index (χ0n) is 17.8. The highest BCUT2D eigenvalue weighted by Crippen LogP contribution is 2.38. The molecule has 0 saturated carbocycles. The number of carbonyl (C=O) groups excluding carboxylic acids is 2. The monoisotopic (exact) mass is 483 g/mol. The fraction of sp³-hybridized carbons (Fsp3) is 0.208. The predicted octanol–water partition coefficient (Wildman–Crippen LogP) is 5.05. The molecule has 0 saturated heterocycles. The maximum atomic E-state index is 12.4. The van der Waals surface area contributed by atoms with Gasteiger partial charge in [0.2, 0.25) is 17.7 Å². The standard InChI is InChI=1S/C24H22ClN3O4S/c1-2-31-18-5-3-4-6-19(18)32-23-10-7-15(14-27-23)13-26-22(29)12-21-24(30)28-17-11-16(25)8-9-20(17)33-21/h3-11,14,21H,2,12-13H2,1H3,(H,26,29)(H,28,30). The number of thioether (sulfide) groups is 1. The lowest BCUT2D eigenvalue weighted by atomic mass is 10.2. The molecule has 170 valence electrons. The number of halogens is 1. The van der Waals surface area contributed by atoms with E-state index in [9.17, 15) is 9.59 Å². The summed E-state index contributed by atoms with van der Waals surface area (Å²) < 4.78 is 11.4. The first kappa shape index (κ1) is 22.9. The molecule has 2 amide bonds. The van der Waals surface area contributed by atoms with E-state index in [2.05, 4.69) is 15.6 Å². The summed E-state index contributed by atoms with van der Waals surface area (Å²) in [5.74, 6) is 1.23. The Morgan fingerprint density at radius 1 is 1.18 bits per heavy atom. The van der Waals surface area contributed by atoms with Gasteiger partial charge >= 0.3 is 0 Å². The Kier molecular flexibility index (Phi) is 7.36. The molecule has 1 aliphatic rings. The molecular weight excluding hydrogens is 462 g/mol. The first-order valence-electron chi connectivity index (χ1n) is 10.4. The highest BCUT2D eigenvalue weighted by Gasteiger charge is 2.29. The maximum Gasteiger partial charge on any atom is 0.238 e. The van der Waals surface area contributed by atoms with Crippen LogP contribution in [0.2, 0.25) is 5.02 Å². The number of carbonyl (C=O) groups is 2. The van der Waals surface area contributed by atoms with Gasteiger partial charge in [-0.05, 0) is 42.8 Å². The Morgan fingerprint density at radius 3 is 2.76 bits per heavy atom. The van der Waals surface area contributed by atoms with Crippen LogP contribution >= 0.6 is 23.4 Å². The minimum absolute atomic E-state index is 0.0708. The first-order valence-corrected chi connectivity index (χ1v) is 11.7. The number of aromatic nitrogens is 1. The number of fused-ring (bicyclic) bond motifs is 1. The van der Waals surface area contributed by atoms with Crippen molar-refractivity contribution in [2.75, 3.05) is 11.9 Å². The fourth-order valence-corrected chi connectivity index (χ4v) is 4.46. The SMILES string of the molecule is CCOc1ccccc1Oc1ccc(CNC(=O)CC2Sc3ccc(Cl)cc3NC2=O)cn1. The number of amides is 2. The van der Waals surface area contributed by atoms with E-state index in [1.807, 2.05) is 43.3 Å². The first-order chi connectivity index (χ1) is 16.0. The lowest BCUT2D eigenvalue weighted by Gasteiger charge is -2.23. The number of nitrogens with zero attached hydrogens (tertiary/aromatic N) is 1. The fourth-order valence-electron chi connectivity index (χ4n) is 3.20. The van der Waals surface area contributed by atoms with E-state index >= 15 is 0 Å². The molecule has 33 heavy (non-hydrogen) atoms. The Morgan fingerprint density at radius 2 is 2.00 bits per heavy atom. The Labute approximate surface area is 200 Å². The van der Waals surface area contributed by atoms with Gasteiger partial charge < -0.3 is 20.1 Å². The van der Waals surface area contributed by atoms with E-state index in [-0.39, 0.29) is 18.2 Å². The molecular formula is C24H22ClN3O4S. The highest BCUT2D eigenvalue weighted by atomic mass is 35.5. The van der Waals surface area contributed by atoms with Crippen LogP contribution in [0.15, 0.2) is 65.7 Å². The second-order valence-electron chi connectivity index (χ2n) is 7.20. The van der Waals surface area contributed by atoms with Crippen LogP contribution in [0.4, 0.5) is 5.69 Å². The molecule has 1 unspecified atom stereocenters. The molecule has 9 heteroatoms. The number of ether oxygens (including phenoxy) is 2. The summed E-state index contributed by atoms with van der Waals surface area (Å²) in [5.41, 5.74) is 1.49. The number of para-hydroxylation sites is 2. The van der Waals surface area contributed by atoms with Crippen LogP contribution in [0.5, 0.6) is 17.4 Å². The summed E-state index contributed by atoms with van der Waals surface area (Å²) in [6, 6.07) is 16.3. The molecule has 0 radical (unpaired) electrons. The third kappa shape index (κ3) is 5.97. The number of benzene rings is 2. The summed E-state index contributed by atoms with van der Waals surface area (Å²) in [7, 11) is 0. The predicted molar refractivity (Wildman–Crippen MR) is 128 cm³/mol. The van der Waals surface area contributed by atoms with E-state index in [1.54, 1.807) is 24.4 Å². The van der Waals surface area contributed by atoms with Gasteiger partial charge in [-0.15, -0.1) is 11.8 Å². The van der Waals surface area contributed by atoms with Gasteiger partial charge in [0.25, 0.3) is 0 Å². The molecule has 1 aromatic heterocycles. The number of hydrogen-bond acceptors (Lipinski definition) is 6. The van der Waals surface area contributed by atoms with Crippen LogP contribution in [0.3, 0.4) is 0 Å². The van der Waals surface area contributed by atoms with Crippen molar-refractivity contribution in [1.82, 2.24) is 10.3 Å². The molecule has 2 aromatic carbocycles. The maximum absolute atomic E-state index is 12.4. The third-order valence-electron chi connectivity index (χ3n) is 4.78. The van der Waals surface area contributed by atoms with Crippen molar-refractivity contribution in [1.29, 1.82) is 0 Å². The Hall–Kier alpha value is -3.23. The van der Waals surface area contributed by atoms with Crippen molar-refractivity contribution in [3.8, 4) is 17.4 Å². The molecule has 4 rings (SSSR count). The van der Waals surface area contributed by atoms with Crippen molar-refractivity contribution < 1.29 is 19.1 Å². The molecule has 0 fully saturated rings. The second kappa shape index (κ2) is 10.6. The molecule has 3 aromatic rings. The average molecular weight is 484 g/mol. The molecule has 0 spiro atoms. The molecule has 2 heterocycles. The second-order valence-corrected chi connectivity index (χ2v) is 8.88. The molecule has 0 aliphatic carbocycles. The molecule has 1 atom stereocenters. The van der Waals surface area contributed by atoms with Crippen molar-refractivity contribution in [3.05, 3.63) is 71.4 Å². The molecule has 7 nitrogen and oxygen atoms in total. The lowest BCUT2D eigenvalue weighted by Crippen LogP contribution is -2.34. The van der Waals surface area contributed by atoms with Gasteiger partial charge in [-0.2, -0.15) is 0 Å². The topological polar surface area (TPSA) is 89.5 Å². The van der Waals surface area contributed by atoms with Crippen LogP contribution in [0.1, 0.15) is 18.9 Å². The molecule has 0 bridgehead atoms.